The highest BCUT2D eigenvalue weighted by Gasteiger charge is 2.13. The second-order valence-electron chi connectivity index (χ2n) is 7.40. The molecule has 0 fully saturated rings. The molecule has 3 aromatic rings. The van der Waals surface area contributed by atoms with Gasteiger partial charge in [-0.1, -0.05) is 37.6 Å². The Morgan fingerprint density at radius 3 is 2.72 bits per heavy atom. The van der Waals surface area contributed by atoms with E-state index in [9.17, 15) is 14.9 Å². The van der Waals surface area contributed by atoms with Crippen LogP contribution in [0.1, 0.15) is 36.7 Å². The van der Waals surface area contributed by atoms with Gasteiger partial charge in [-0.3, -0.25) is 14.9 Å². The van der Waals surface area contributed by atoms with Gasteiger partial charge >= 0.3 is 0 Å². The van der Waals surface area contributed by atoms with Crippen LogP contribution in [0.25, 0.3) is 11.3 Å². The number of hydrogen-bond donors (Lipinski definition) is 1. The molecule has 32 heavy (non-hydrogen) atoms. The van der Waals surface area contributed by atoms with Crippen molar-refractivity contribution in [1.29, 1.82) is 0 Å². The van der Waals surface area contributed by atoms with Gasteiger partial charge in [-0.05, 0) is 48.2 Å². The van der Waals surface area contributed by atoms with Crippen molar-refractivity contribution in [3.8, 4) is 17.1 Å². The van der Waals surface area contributed by atoms with E-state index >= 15 is 0 Å². The van der Waals surface area contributed by atoms with E-state index < -0.39 is 10.8 Å². The second kappa shape index (κ2) is 10.1. The maximum atomic E-state index is 12.1. The minimum Gasteiger partial charge on any atom is -0.483 e. The van der Waals surface area contributed by atoms with Crippen LogP contribution in [0.3, 0.4) is 0 Å². The number of ether oxygens (including phenoxy) is 1. The zero-order valence-electron chi connectivity index (χ0n) is 17.8. The van der Waals surface area contributed by atoms with Gasteiger partial charge in [0.25, 0.3) is 11.6 Å². The lowest BCUT2D eigenvalue weighted by atomic mass is 10.0. The Kier molecular flexibility index (Phi) is 7.27. The number of nitrogens with one attached hydrogen (secondary N) is 1. The van der Waals surface area contributed by atoms with E-state index in [1.165, 1.54) is 24.4 Å². The van der Waals surface area contributed by atoms with Gasteiger partial charge in [-0.2, -0.15) is 5.10 Å². The van der Waals surface area contributed by atoms with Gasteiger partial charge in [0.1, 0.15) is 17.3 Å². The molecule has 0 aliphatic carbocycles. The summed E-state index contributed by atoms with van der Waals surface area (Å²) in [4.78, 5) is 22.4. The third-order valence-electron chi connectivity index (χ3n) is 4.59. The van der Waals surface area contributed by atoms with Crippen molar-refractivity contribution in [2.45, 2.75) is 26.7 Å². The van der Waals surface area contributed by atoms with Crippen LogP contribution in [-0.2, 0) is 4.79 Å². The molecule has 1 N–H and O–H groups in total. The third kappa shape index (κ3) is 5.73. The Hall–Kier alpha value is -3.65. The predicted octanol–water partition coefficient (Wildman–Crippen LogP) is 5.47. The summed E-state index contributed by atoms with van der Waals surface area (Å²) >= 11 is 6.12. The van der Waals surface area contributed by atoms with E-state index in [0.29, 0.717) is 22.8 Å². The molecule has 9 heteroatoms. The number of carbonyl (C=O) groups excluding carboxylic acids is 1. The molecule has 1 heterocycles. The van der Waals surface area contributed by atoms with Gasteiger partial charge in [0.2, 0.25) is 0 Å². The van der Waals surface area contributed by atoms with Crippen molar-refractivity contribution in [2.24, 2.45) is 5.10 Å². The number of benzene rings is 2. The molecular weight excluding hydrogens is 434 g/mol. The predicted molar refractivity (Wildman–Crippen MR) is 122 cm³/mol. The van der Waals surface area contributed by atoms with Crippen molar-refractivity contribution < 1.29 is 18.9 Å². The number of nitro benzene ring substituents is 1. The number of hydrogen-bond acceptors (Lipinski definition) is 6. The van der Waals surface area contributed by atoms with Crippen LogP contribution in [0.15, 0.2) is 58.0 Å². The first-order valence-corrected chi connectivity index (χ1v) is 10.2. The topological polar surface area (TPSA) is 107 Å². The molecule has 0 aliphatic rings. The summed E-state index contributed by atoms with van der Waals surface area (Å²) < 4.78 is 11.3. The molecule has 0 radical (unpaired) electrons. The van der Waals surface area contributed by atoms with Gasteiger partial charge in [0, 0.05) is 17.7 Å². The smallest absolute Gasteiger partial charge is 0.277 e. The molecule has 1 aromatic heterocycles. The maximum absolute atomic E-state index is 12.1. The first-order chi connectivity index (χ1) is 15.2. The molecule has 0 saturated carbocycles. The molecule has 0 saturated heterocycles. The molecule has 0 atom stereocenters. The monoisotopic (exact) mass is 455 g/mol. The van der Waals surface area contributed by atoms with Crippen LogP contribution in [0, 0.1) is 17.0 Å². The molecular formula is C23H22ClN3O5. The molecule has 0 bridgehead atoms. The molecule has 2 aromatic carbocycles. The first kappa shape index (κ1) is 23.0. The van der Waals surface area contributed by atoms with E-state index in [2.05, 4.69) is 24.4 Å². The molecule has 3 rings (SSSR count). The summed E-state index contributed by atoms with van der Waals surface area (Å²) in [6, 6.07) is 13.3. The number of aryl methyl sites for hydroxylation is 1. The summed E-state index contributed by atoms with van der Waals surface area (Å²) in [6.07, 6.45) is 1.34. The molecule has 8 nitrogen and oxygen atoms in total. The van der Waals surface area contributed by atoms with Crippen LogP contribution < -0.4 is 10.2 Å². The van der Waals surface area contributed by atoms with Gasteiger partial charge in [-0.15, -0.1) is 0 Å². The summed E-state index contributed by atoms with van der Waals surface area (Å²) in [5.41, 5.74) is 4.86. The van der Waals surface area contributed by atoms with E-state index in [-0.39, 0.29) is 23.2 Å². The number of hydrazone groups is 1. The molecule has 1 amide bonds. The number of amides is 1. The van der Waals surface area contributed by atoms with Gasteiger partial charge in [0.05, 0.1) is 16.2 Å². The van der Waals surface area contributed by atoms with E-state index in [0.717, 1.165) is 11.1 Å². The van der Waals surface area contributed by atoms with Gasteiger partial charge in [0.15, 0.2) is 6.61 Å². The van der Waals surface area contributed by atoms with Crippen molar-refractivity contribution in [3.63, 3.8) is 0 Å². The lowest BCUT2D eigenvalue weighted by Gasteiger charge is -2.14. The Morgan fingerprint density at radius 1 is 1.25 bits per heavy atom. The summed E-state index contributed by atoms with van der Waals surface area (Å²) in [7, 11) is 0. The van der Waals surface area contributed by atoms with Gasteiger partial charge in [-0.25, -0.2) is 5.43 Å². The number of carbonyl (C=O) groups is 1. The molecule has 0 unspecified atom stereocenters. The SMILES string of the molecule is Cc1ccc(C(C)C)c(OCC(=O)N/N=C/c2ccc(-c3ccc([N+](=O)[O-])cc3Cl)o2)c1. The fourth-order valence-electron chi connectivity index (χ4n) is 2.97. The normalized spacial score (nSPS) is 11.2. The average Bonchev–Trinajstić information content (AvgIpc) is 3.20. The highest BCUT2D eigenvalue weighted by atomic mass is 35.5. The Bertz CT molecular complexity index is 1170. The van der Waals surface area contributed by atoms with Crippen LogP contribution in [0.4, 0.5) is 5.69 Å². The molecule has 0 aliphatic heterocycles. The first-order valence-electron chi connectivity index (χ1n) is 9.84. The fraction of sp³-hybridized carbons (Fsp3) is 0.217. The molecule has 166 valence electrons. The second-order valence-corrected chi connectivity index (χ2v) is 7.81. The van der Waals surface area contributed by atoms with Crippen molar-refractivity contribution in [2.75, 3.05) is 6.61 Å². The lowest BCUT2D eigenvalue weighted by molar-refractivity contribution is -0.384. The van der Waals surface area contributed by atoms with E-state index in [1.807, 2.05) is 25.1 Å². The lowest BCUT2D eigenvalue weighted by Crippen LogP contribution is -2.24. The van der Waals surface area contributed by atoms with Crippen LogP contribution in [0.5, 0.6) is 5.75 Å². The Balaban J connectivity index is 1.58. The number of nitro groups is 1. The largest absolute Gasteiger partial charge is 0.483 e. The van der Waals surface area contributed by atoms with Crippen molar-refractivity contribution in [3.05, 3.63) is 80.6 Å². The third-order valence-corrected chi connectivity index (χ3v) is 4.90. The quantitative estimate of drug-likeness (QED) is 0.275. The number of rotatable bonds is 8. The summed E-state index contributed by atoms with van der Waals surface area (Å²) in [5.74, 6) is 1.32. The number of non-ortho nitro benzene ring substituents is 1. The van der Waals surface area contributed by atoms with E-state index in [4.69, 9.17) is 20.8 Å². The number of nitrogens with zero attached hydrogens (tertiary/aromatic N) is 2. The zero-order chi connectivity index (χ0) is 23.3. The fourth-order valence-corrected chi connectivity index (χ4v) is 3.24. The van der Waals surface area contributed by atoms with Gasteiger partial charge < -0.3 is 9.15 Å². The van der Waals surface area contributed by atoms with Crippen LogP contribution >= 0.6 is 11.6 Å². The zero-order valence-corrected chi connectivity index (χ0v) is 18.6. The maximum Gasteiger partial charge on any atom is 0.277 e. The minimum absolute atomic E-state index is 0.108. The van der Waals surface area contributed by atoms with Crippen LogP contribution in [0.2, 0.25) is 5.02 Å². The number of halogens is 1. The van der Waals surface area contributed by atoms with Crippen LogP contribution in [-0.4, -0.2) is 23.7 Å². The van der Waals surface area contributed by atoms with E-state index in [1.54, 1.807) is 12.1 Å². The van der Waals surface area contributed by atoms with Crippen molar-refractivity contribution in [1.82, 2.24) is 5.43 Å². The van der Waals surface area contributed by atoms with Crippen molar-refractivity contribution >= 4 is 29.4 Å². The Morgan fingerprint density at radius 2 is 2.03 bits per heavy atom. The highest BCUT2D eigenvalue weighted by Crippen LogP contribution is 2.32. The number of furan rings is 1. The molecule has 0 spiro atoms. The Labute approximate surface area is 190 Å². The minimum atomic E-state index is -0.523. The average molecular weight is 456 g/mol. The standard InChI is InChI=1S/C23H22ClN3O5/c1-14(2)18-7-4-15(3)10-22(18)31-13-23(28)26-25-12-17-6-9-21(32-17)19-8-5-16(27(29)30)11-20(19)24/h4-12,14H,13H2,1-3H3,(H,26,28)/b25-12+. The highest BCUT2D eigenvalue weighted by molar-refractivity contribution is 6.33. The summed E-state index contributed by atoms with van der Waals surface area (Å²) in [6.45, 7) is 5.90. The summed E-state index contributed by atoms with van der Waals surface area (Å²) in [5, 5.41) is 14.9.